The molecule has 0 amide bonds. The summed E-state index contributed by atoms with van der Waals surface area (Å²) < 4.78 is 10.9. The van der Waals surface area contributed by atoms with Crippen LogP contribution in [-0.4, -0.2) is 33.4 Å². The molecule has 0 aliphatic heterocycles. The Kier molecular flexibility index (Phi) is 7.76. The van der Waals surface area contributed by atoms with Gasteiger partial charge in [0.25, 0.3) is 0 Å². The third kappa shape index (κ3) is 6.96. The molecule has 0 fully saturated rings. The highest BCUT2D eigenvalue weighted by Crippen LogP contribution is 2.27. The molecule has 0 saturated heterocycles. The number of aryl methyl sites for hydroxylation is 1. The number of ether oxygens (including phenoxy) is 2. The van der Waals surface area contributed by atoms with Crippen molar-refractivity contribution in [2.24, 2.45) is 0 Å². The first kappa shape index (κ1) is 18.0. The molecular weight excluding hydrogens is 262 g/mol. The molecule has 1 aromatic carbocycles. The van der Waals surface area contributed by atoms with E-state index in [1.54, 1.807) is 7.11 Å². The van der Waals surface area contributed by atoms with E-state index in [0.717, 1.165) is 44.9 Å². The lowest BCUT2D eigenvalue weighted by molar-refractivity contribution is 0.194. The van der Waals surface area contributed by atoms with E-state index in [0.29, 0.717) is 0 Å². The van der Waals surface area contributed by atoms with Crippen molar-refractivity contribution in [2.75, 3.05) is 33.4 Å². The zero-order chi connectivity index (χ0) is 15.7. The van der Waals surface area contributed by atoms with Crippen molar-refractivity contribution in [1.82, 2.24) is 5.32 Å². The maximum absolute atomic E-state index is 5.87. The van der Waals surface area contributed by atoms with Crippen molar-refractivity contribution in [3.63, 3.8) is 0 Å². The molecule has 1 N–H and O–H groups in total. The molecule has 1 aromatic rings. The lowest BCUT2D eigenvalue weighted by Gasteiger charge is -2.20. The Hall–Kier alpha value is -1.06. The molecule has 0 saturated carbocycles. The highest BCUT2D eigenvalue weighted by atomic mass is 16.5. The molecule has 3 nitrogen and oxygen atoms in total. The Balaban J connectivity index is 2.27. The van der Waals surface area contributed by atoms with E-state index in [2.05, 4.69) is 51.2 Å². The van der Waals surface area contributed by atoms with Gasteiger partial charge in [-0.2, -0.15) is 0 Å². The highest BCUT2D eigenvalue weighted by Gasteiger charge is 2.14. The number of methoxy groups -OCH3 is 1. The van der Waals surface area contributed by atoms with Crippen molar-refractivity contribution in [3.05, 3.63) is 29.3 Å². The van der Waals surface area contributed by atoms with Gasteiger partial charge in [-0.25, -0.2) is 0 Å². The Labute approximate surface area is 130 Å². The molecular formula is C18H31NO2. The number of nitrogens with one attached hydrogen (secondary N) is 1. The van der Waals surface area contributed by atoms with Gasteiger partial charge in [0.1, 0.15) is 5.75 Å². The van der Waals surface area contributed by atoms with E-state index in [4.69, 9.17) is 9.47 Å². The summed E-state index contributed by atoms with van der Waals surface area (Å²) in [5.74, 6) is 1.00. The minimum absolute atomic E-state index is 0.190. The van der Waals surface area contributed by atoms with Crippen molar-refractivity contribution in [3.8, 4) is 5.75 Å². The van der Waals surface area contributed by atoms with Gasteiger partial charge in [-0.05, 0) is 55.5 Å². The van der Waals surface area contributed by atoms with Crippen LogP contribution < -0.4 is 10.1 Å². The molecule has 0 unspecified atom stereocenters. The third-order valence-corrected chi connectivity index (χ3v) is 3.50. The van der Waals surface area contributed by atoms with Gasteiger partial charge in [0, 0.05) is 13.7 Å². The van der Waals surface area contributed by atoms with Crippen LogP contribution in [0.2, 0.25) is 0 Å². The van der Waals surface area contributed by atoms with Gasteiger partial charge in [-0.3, -0.25) is 0 Å². The fourth-order valence-electron chi connectivity index (χ4n) is 2.12. The molecule has 0 aliphatic carbocycles. The minimum Gasteiger partial charge on any atom is -0.493 e. The predicted molar refractivity (Wildman–Crippen MR) is 89.4 cm³/mol. The maximum Gasteiger partial charge on any atom is 0.122 e. The normalized spacial score (nSPS) is 11.7. The van der Waals surface area contributed by atoms with Gasteiger partial charge in [0.2, 0.25) is 0 Å². The number of hydrogen-bond donors (Lipinski definition) is 1. The highest BCUT2D eigenvalue weighted by molar-refractivity contribution is 5.38. The van der Waals surface area contributed by atoms with Gasteiger partial charge >= 0.3 is 0 Å². The van der Waals surface area contributed by atoms with Gasteiger partial charge < -0.3 is 14.8 Å². The molecule has 0 aromatic heterocycles. The average molecular weight is 293 g/mol. The molecule has 0 radical (unpaired) electrons. The Morgan fingerprint density at radius 2 is 1.71 bits per heavy atom. The van der Waals surface area contributed by atoms with Crippen molar-refractivity contribution >= 4 is 0 Å². The Morgan fingerprint density at radius 3 is 2.29 bits per heavy atom. The second-order valence-electron chi connectivity index (χ2n) is 6.53. The van der Waals surface area contributed by atoms with Gasteiger partial charge in [0.05, 0.1) is 6.61 Å². The third-order valence-electron chi connectivity index (χ3n) is 3.50. The molecule has 0 aliphatic rings. The average Bonchev–Trinajstić information content (AvgIpc) is 2.42. The molecule has 3 heteroatoms. The monoisotopic (exact) mass is 293 g/mol. The summed E-state index contributed by atoms with van der Waals surface area (Å²) in [6.07, 6.45) is 2.08. The molecule has 21 heavy (non-hydrogen) atoms. The fourth-order valence-corrected chi connectivity index (χ4v) is 2.12. The molecule has 0 spiro atoms. The summed E-state index contributed by atoms with van der Waals surface area (Å²) in [5.41, 5.74) is 2.76. The van der Waals surface area contributed by atoms with Crippen LogP contribution in [0.1, 0.15) is 44.7 Å². The van der Waals surface area contributed by atoms with Crippen molar-refractivity contribution in [2.45, 2.75) is 46.0 Å². The molecule has 1 rings (SSSR count). The van der Waals surface area contributed by atoms with Crippen LogP contribution >= 0.6 is 0 Å². The van der Waals surface area contributed by atoms with E-state index in [9.17, 15) is 0 Å². The van der Waals surface area contributed by atoms with Crippen LogP contribution in [-0.2, 0) is 10.2 Å². The summed E-state index contributed by atoms with van der Waals surface area (Å²) in [7, 11) is 1.74. The SMILES string of the molecule is COCCCNCCCOc1ccc(C(C)(C)C)cc1C. The van der Waals surface area contributed by atoms with E-state index < -0.39 is 0 Å². The second-order valence-corrected chi connectivity index (χ2v) is 6.53. The van der Waals surface area contributed by atoms with Gasteiger partial charge in [0.15, 0.2) is 0 Å². The predicted octanol–water partition coefficient (Wildman–Crippen LogP) is 3.69. The van der Waals surface area contributed by atoms with E-state index >= 15 is 0 Å². The largest absolute Gasteiger partial charge is 0.493 e. The smallest absolute Gasteiger partial charge is 0.122 e. The van der Waals surface area contributed by atoms with E-state index in [-0.39, 0.29) is 5.41 Å². The number of hydrogen-bond acceptors (Lipinski definition) is 3. The van der Waals surface area contributed by atoms with Gasteiger partial charge in [-0.15, -0.1) is 0 Å². The summed E-state index contributed by atoms with van der Waals surface area (Å²) in [5, 5.41) is 3.39. The molecule has 0 bridgehead atoms. The lowest BCUT2D eigenvalue weighted by atomic mass is 9.86. The zero-order valence-electron chi connectivity index (χ0n) is 14.3. The maximum atomic E-state index is 5.87. The number of benzene rings is 1. The first-order valence-corrected chi connectivity index (χ1v) is 7.88. The molecule has 120 valence electrons. The first-order valence-electron chi connectivity index (χ1n) is 7.88. The summed E-state index contributed by atoms with van der Waals surface area (Å²) in [4.78, 5) is 0. The Bertz CT molecular complexity index is 410. The van der Waals surface area contributed by atoms with Crippen LogP contribution in [0.5, 0.6) is 5.75 Å². The van der Waals surface area contributed by atoms with Crippen molar-refractivity contribution < 1.29 is 9.47 Å². The first-order chi connectivity index (χ1) is 9.95. The number of rotatable bonds is 9. The molecule has 0 atom stereocenters. The fraction of sp³-hybridized carbons (Fsp3) is 0.667. The van der Waals surface area contributed by atoms with E-state index in [1.165, 1.54) is 11.1 Å². The lowest BCUT2D eigenvalue weighted by Crippen LogP contribution is -2.19. The van der Waals surface area contributed by atoms with E-state index in [1.807, 2.05) is 0 Å². The summed E-state index contributed by atoms with van der Waals surface area (Å²) in [6.45, 7) is 12.4. The van der Waals surface area contributed by atoms with Crippen LogP contribution in [0.4, 0.5) is 0 Å². The van der Waals surface area contributed by atoms with Crippen LogP contribution in [0.15, 0.2) is 18.2 Å². The summed E-state index contributed by atoms with van der Waals surface area (Å²) in [6, 6.07) is 6.51. The topological polar surface area (TPSA) is 30.5 Å². The summed E-state index contributed by atoms with van der Waals surface area (Å²) >= 11 is 0. The minimum atomic E-state index is 0.190. The Morgan fingerprint density at radius 1 is 1.05 bits per heavy atom. The van der Waals surface area contributed by atoms with Crippen LogP contribution in [0.25, 0.3) is 0 Å². The zero-order valence-corrected chi connectivity index (χ0v) is 14.3. The van der Waals surface area contributed by atoms with Gasteiger partial charge in [-0.1, -0.05) is 32.9 Å². The quantitative estimate of drug-likeness (QED) is 0.704. The standard InChI is InChI=1S/C18H31NO2/c1-15-14-16(18(2,3)4)8-9-17(15)21-13-7-11-19-10-6-12-20-5/h8-9,14,19H,6-7,10-13H2,1-5H3. The molecule has 0 heterocycles. The van der Waals surface area contributed by atoms with Crippen molar-refractivity contribution in [1.29, 1.82) is 0 Å². The van der Waals surface area contributed by atoms with Crippen LogP contribution in [0, 0.1) is 6.92 Å². The second kappa shape index (κ2) is 9.06. The van der Waals surface area contributed by atoms with Crippen LogP contribution in [0.3, 0.4) is 0 Å².